The monoisotopic (exact) mass is 431 g/mol. The maximum absolute atomic E-state index is 12.7. The fourth-order valence-electron chi connectivity index (χ4n) is 3.86. The van der Waals surface area contributed by atoms with Crippen LogP contribution in [0.1, 0.15) is 25.3 Å². The summed E-state index contributed by atoms with van der Waals surface area (Å²) in [4.78, 5) is 23.8. The minimum atomic E-state index is -0.149. The lowest BCUT2D eigenvalue weighted by Crippen LogP contribution is -2.27. The van der Waals surface area contributed by atoms with Crippen LogP contribution in [-0.2, 0) is 11.2 Å². The Morgan fingerprint density at radius 2 is 2.00 bits per heavy atom. The van der Waals surface area contributed by atoms with Crippen LogP contribution in [0.3, 0.4) is 0 Å². The first-order chi connectivity index (χ1) is 15.6. The number of amides is 1. The lowest BCUT2D eigenvalue weighted by atomic mass is 10.0. The number of benzene rings is 2. The third kappa shape index (κ3) is 5.06. The molecule has 3 aromatic rings. The molecule has 0 bridgehead atoms. The van der Waals surface area contributed by atoms with Crippen LogP contribution in [0.5, 0.6) is 5.75 Å². The lowest BCUT2D eigenvalue weighted by Gasteiger charge is -2.23. The van der Waals surface area contributed by atoms with E-state index >= 15 is 0 Å². The molecule has 166 valence electrons. The van der Waals surface area contributed by atoms with E-state index in [1.807, 2.05) is 24.3 Å². The van der Waals surface area contributed by atoms with Gasteiger partial charge in [-0.15, -0.1) is 0 Å². The van der Waals surface area contributed by atoms with Gasteiger partial charge in [0.2, 0.25) is 5.91 Å². The zero-order valence-corrected chi connectivity index (χ0v) is 18.8. The van der Waals surface area contributed by atoms with E-state index in [2.05, 4.69) is 51.6 Å². The number of piperidine rings is 1. The van der Waals surface area contributed by atoms with Crippen LogP contribution in [0.2, 0.25) is 0 Å². The molecule has 0 aliphatic carbocycles. The number of carbonyl (C=O) groups is 1. The highest BCUT2D eigenvalue weighted by molar-refractivity contribution is 6.04. The zero-order valence-electron chi connectivity index (χ0n) is 18.8. The minimum absolute atomic E-state index is 0.149. The van der Waals surface area contributed by atoms with Crippen molar-refractivity contribution in [2.24, 2.45) is 0 Å². The Kier molecular flexibility index (Phi) is 6.66. The van der Waals surface area contributed by atoms with Gasteiger partial charge in [-0.3, -0.25) is 4.79 Å². The highest BCUT2D eigenvalue weighted by Gasteiger charge is 2.15. The minimum Gasteiger partial charge on any atom is -0.494 e. The molecule has 1 aliphatic rings. The van der Waals surface area contributed by atoms with Crippen molar-refractivity contribution >= 4 is 34.0 Å². The molecule has 2 heterocycles. The summed E-state index contributed by atoms with van der Waals surface area (Å²) in [7, 11) is 3.69. The van der Waals surface area contributed by atoms with Crippen molar-refractivity contribution in [3.8, 4) is 5.75 Å². The second-order valence-corrected chi connectivity index (χ2v) is 8.07. The maximum Gasteiger partial charge on any atom is 0.248 e. The molecule has 1 saturated heterocycles. The van der Waals surface area contributed by atoms with E-state index in [9.17, 15) is 4.79 Å². The molecule has 0 spiro atoms. The SMILES string of the molecule is CCc1cccc(Nc2ncnc3cc(OC)c(NC(=O)C=C4CCN(C)CC4)cc23)c1. The number of anilines is 3. The normalized spacial score (nSPS) is 14.3. The van der Waals surface area contributed by atoms with E-state index in [4.69, 9.17) is 4.74 Å². The van der Waals surface area contributed by atoms with Crippen molar-refractivity contribution in [2.45, 2.75) is 26.2 Å². The first-order valence-electron chi connectivity index (χ1n) is 10.9. The number of hydrogen-bond donors (Lipinski definition) is 2. The van der Waals surface area contributed by atoms with E-state index in [0.717, 1.165) is 48.9 Å². The molecule has 0 saturated carbocycles. The molecule has 7 heteroatoms. The summed E-state index contributed by atoms with van der Waals surface area (Å²) in [5.74, 6) is 1.09. The number of carbonyl (C=O) groups excluding carboxylic acids is 1. The van der Waals surface area contributed by atoms with E-state index < -0.39 is 0 Å². The number of rotatable bonds is 6. The third-order valence-electron chi connectivity index (χ3n) is 5.78. The summed E-state index contributed by atoms with van der Waals surface area (Å²) < 4.78 is 5.52. The van der Waals surface area contributed by atoms with Crippen LogP contribution in [0.15, 0.2) is 54.4 Å². The van der Waals surface area contributed by atoms with E-state index in [0.29, 0.717) is 17.3 Å². The van der Waals surface area contributed by atoms with Gasteiger partial charge in [0.25, 0.3) is 0 Å². The van der Waals surface area contributed by atoms with Crippen molar-refractivity contribution in [3.05, 3.63) is 59.9 Å². The van der Waals surface area contributed by atoms with Gasteiger partial charge in [0.1, 0.15) is 17.9 Å². The van der Waals surface area contributed by atoms with Crippen LogP contribution in [-0.4, -0.2) is 48.0 Å². The van der Waals surface area contributed by atoms with Gasteiger partial charge < -0.3 is 20.3 Å². The molecule has 0 atom stereocenters. The van der Waals surface area contributed by atoms with E-state index in [1.165, 1.54) is 17.5 Å². The number of nitrogens with zero attached hydrogens (tertiary/aromatic N) is 3. The Labute approximate surface area is 188 Å². The number of aryl methyl sites for hydroxylation is 1. The van der Waals surface area contributed by atoms with Gasteiger partial charge in [-0.2, -0.15) is 0 Å². The summed E-state index contributed by atoms with van der Waals surface area (Å²) in [6.07, 6.45) is 6.03. The van der Waals surface area contributed by atoms with Crippen molar-refractivity contribution in [2.75, 3.05) is 37.9 Å². The molecule has 2 aromatic carbocycles. The third-order valence-corrected chi connectivity index (χ3v) is 5.78. The Bertz CT molecular complexity index is 1150. The molecule has 4 rings (SSSR count). The second kappa shape index (κ2) is 9.78. The van der Waals surface area contributed by atoms with Crippen LogP contribution < -0.4 is 15.4 Å². The van der Waals surface area contributed by atoms with Gasteiger partial charge >= 0.3 is 0 Å². The average molecular weight is 432 g/mol. The first-order valence-corrected chi connectivity index (χ1v) is 10.9. The topological polar surface area (TPSA) is 79.4 Å². The van der Waals surface area contributed by atoms with Crippen LogP contribution in [0.25, 0.3) is 10.9 Å². The van der Waals surface area contributed by atoms with Crippen molar-refractivity contribution in [1.29, 1.82) is 0 Å². The standard InChI is InChI=1S/C25H29N5O2/c1-4-17-6-5-7-19(12-17)28-25-20-14-22(23(32-3)15-21(20)26-16-27-25)29-24(31)13-18-8-10-30(2)11-9-18/h5-7,12-16H,4,8-11H2,1-3H3,(H,29,31)(H,26,27,28). The number of fused-ring (bicyclic) bond motifs is 1. The molecule has 7 nitrogen and oxygen atoms in total. The summed E-state index contributed by atoms with van der Waals surface area (Å²) in [5, 5.41) is 7.18. The van der Waals surface area contributed by atoms with Gasteiger partial charge in [-0.05, 0) is 50.1 Å². The Morgan fingerprint density at radius 1 is 1.19 bits per heavy atom. The Hall–Kier alpha value is -3.45. The fraction of sp³-hybridized carbons (Fsp3) is 0.320. The molecule has 0 unspecified atom stereocenters. The van der Waals surface area contributed by atoms with Crippen LogP contribution in [0.4, 0.5) is 17.2 Å². The van der Waals surface area contributed by atoms with E-state index in [-0.39, 0.29) is 5.91 Å². The summed E-state index contributed by atoms with van der Waals surface area (Å²) in [5.41, 5.74) is 4.69. The number of nitrogens with one attached hydrogen (secondary N) is 2. The summed E-state index contributed by atoms with van der Waals surface area (Å²) in [6.45, 7) is 4.08. The average Bonchev–Trinajstić information content (AvgIpc) is 2.80. The van der Waals surface area contributed by atoms with Crippen LogP contribution >= 0.6 is 0 Å². The number of ether oxygens (including phenoxy) is 1. The van der Waals surface area contributed by atoms with Gasteiger partial charge in [0.05, 0.1) is 18.3 Å². The number of likely N-dealkylation sites (tertiary alicyclic amines) is 1. The largest absolute Gasteiger partial charge is 0.494 e. The predicted molar refractivity (Wildman–Crippen MR) is 129 cm³/mol. The van der Waals surface area contributed by atoms with Gasteiger partial charge in [-0.25, -0.2) is 9.97 Å². The first kappa shape index (κ1) is 21.8. The van der Waals surface area contributed by atoms with Crippen LogP contribution in [0, 0.1) is 0 Å². The number of methoxy groups -OCH3 is 1. The van der Waals surface area contributed by atoms with Crippen molar-refractivity contribution < 1.29 is 9.53 Å². The quantitative estimate of drug-likeness (QED) is 0.558. The Balaban J connectivity index is 1.63. The number of hydrogen-bond acceptors (Lipinski definition) is 6. The molecule has 1 amide bonds. The molecule has 1 fully saturated rings. The lowest BCUT2D eigenvalue weighted by molar-refractivity contribution is -0.112. The van der Waals surface area contributed by atoms with Gasteiger partial charge in [-0.1, -0.05) is 24.6 Å². The highest BCUT2D eigenvalue weighted by Crippen LogP contribution is 2.33. The number of aromatic nitrogens is 2. The van der Waals surface area contributed by atoms with Gasteiger partial charge in [0, 0.05) is 36.3 Å². The van der Waals surface area contributed by atoms with Crippen molar-refractivity contribution in [3.63, 3.8) is 0 Å². The molecule has 1 aliphatic heterocycles. The summed E-state index contributed by atoms with van der Waals surface area (Å²) in [6, 6.07) is 11.9. The van der Waals surface area contributed by atoms with E-state index in [1.54, 1.807) is 13.2 Å². The van der Waals surface area contributed by atoms with Gasteiger partial charge in [0.15, 0.2) is 0 Å². The molecule has 32 heavy (non-hydrogen) atoms. The van der Waals surface area contributed by atoms with Crippen molar-refractivity contribution in [1.82, 2.24) is 14.9 Å². The molecule has 1 aromatic heterocycles. The molecular weight excluding hydrogens is 402 g/mol. The zero-order chi connectivity index (χ0) is 22.5. The fourth-order valence-corrected chi connectivity index (χ4v) is 3.86. The highest BCUT2D eigenvalue weighted by atomic mass is 16.5. The summed E-state index contributed by atoms with van der Waals surface area (Å²) >= 11 is 0. The molecule has 2 N–H and O–H groups in total. The predicted octanol–water partition coefficient (Wildman–Crippen LogP) is 4.53. The molecule has 0 radical (unpaired) electrons. The molecular formula is C25H29N5O2. The second-order valence-electron chi connectivity index (χ2n) is 8.07. The maximum atomic E-state index is 12.7. The smallest absolute Gasteiger partial charge is 0.248 e. The Morgan fingerprint density at radius 3 is 2.75 bits per heavy atom.